The summed E-state index contributed by atoms with van der Waals surface area (Å²) in [5.74, 6) is 1.95. The SMILES string of the molecule is O=C([NH][Ti+2]([c]1cccc2c1Cc1ccccc1-2)[SiH](c1ccccc1)c1ccccc1)C1CC2CCC1C2.[Cl-].[Cl-]. The van der Waals surface area contributed by atoms with Crippen LogP contribution in [0.1, 0.15) is 36.8 Å². The second kappa shape index (κ2) is 12.2. The minimum atomic E-state index is -2.32. The number of nitrogens with one attached hydrogen (secondary N) is 1. The molecular formula is C33H32Cl2NOSiTi. The molecule has 7 rings (SSSR count). The van der Waals surface area contributed by atoms with Gasteiger partial charge in [-0.2, -0.15) is 0 Å². The molecule has 0 heterocycles. The van der Waals surface area contributed by atoms with E-state index in [0.717, 1.165) is 18.8 Å². The van der Waals surface area contributed by atoms with Crippen molar-refractivity contribution in [1.29, 1.82) is 0 Å². The van der Waals surface area contributed by atoms with Crippen molar-refractivity contribution in [2.45, 2.75) is 32.1 Å². The van der Waals surface area contributed by atoms with Crippen molar-refractivity contribution in [2.24, 2.45) is 17.8 Å². The van der Waals surface area contributed by atoms with Crippen LogP contribution >= 0.6 is 0 Å². The van der Waals surface area contributed by atoms with Crippen LogP contribution in [0.2, 0.25) is 0 Å². The van der Waals surface area contributed by atoms with Gasteiger partial charge in [0.15, 0.2) is 0 Å². The predicted octanol–water partition coefficient (Wildman–Crippen LogP) is -1.49. The van der Waals surface area contributed by atoms with Crippen LogP contribution in [0.4, 0.5) is 0 Å². The number of benzene rings is 4. The summed E-state index contributed by atoms with van der Waals surface area (Å²) in [5, 5.41) is 2.90. The molecule has 0 aromatic heterocycles. The molecule has 0 aliphatic heterocycles. The molecule has 0 spiro atoms. The van der Waals surface area contributed by atoms with E-state index in [9.17, 15) is 4.79 Å². The summed E-state index contributed by atoms with van der Waals surface area (Å²) in [6.07, 6.45) is 5.91. The van der Waals surface area contributed by atoms with Crippen LogP contribution < -0.4 is 42.9 Å². The van der Waals surface area contributed by atoms with Gasteiger partial charge in [-0.1, -0.05) is 0 Å². The zero-order valence-corrected chi connectivity index (χ0v) is 26.1. The fraction of sp³-hybridized carbons (Fsp3) is 0.242. The smallest absolute Gasteiger partial charge is 1.00 e. The van der Waals surface area contributed by atoms with Crippen molar-refractivity contribution in [3.05, 3.63) is 114 Å². The normalized spacial score (nSPS) is 20.0. The summed E-state index contributed by atoms with van der Waals surface area (Å²) >= 11 is -2.32. The van der Waals surface area contributed by atoms with Crippen molar-refractivity contribution < 1.29 is 47.0 Å². The Hall–Kier alpha value is -2.14. The first-order valence-corrected chi connectivity index (χ1v) is 19.7. The Balaban J connectivity index is 0.00000154. The van der Waals surface area contributed by atoms with Gasteiger partial charge in [0.05, 0.1) is 0 Å². The molecule has 2 saturated carbocycles. The molecular weight excluding hydrogens is 573 g/mol. The van der Waals surface area contributed by atoms with Gasteiger partial charge in [-0.05, 0) is 0 Å². The number of hydrogen-bond acceptors (Lipinski definition) is 1. The standard InChI is InChI=1S/C13H9.C12H11Si.C8H13NO.2ClH.Ti/c1-3-7-12-10(5-1)9-11-6-2-4-8-13(11)12;1-3-7-11(8-4-1)13-12-9-5-2-6-10-12;9-8(10)7-4-5-1-2-6(7)3-5;;;/h1-5,7-8H,9H2;1-10,13H;5-7H,1-4H2,(H2,9,10);2*1H;/q;;;;;+3/p-3. The fourth-order valence-corrected chi connectivity index (χ4v) is 21.0. The Morgan fingerprint density at radius 1 is 0.718 bits per heavy atom. The molecule has 3 atom stereocenters. The predicted molar refractivity (Wildman–Crippen MR) is 151 cm³/mol. The Labute approximate surface area is 251 Å². The first-order valence-electron chi connectivity index (χ1n) is 13.7. The number of fused-ring (bicyclic) bond motifs is 5. The molecule has 1 N–H and O–H groups in total. The average Bonchev–Trinajstić information content (AvgIpc) is 3.68. The second-order valence-electron chi connectivity index (χ2n) is 11.1. The van der Waals surface area contributed by atoms with E-state index >= 15 is 0 Å². The topological polar surface area (TPSA) is 29.1 Å². The molecule has 6 heteroatoms. The summed E-state index contributed by atoms with van der Waals surface area (Å²) in [6.45, 7) is -1.71. The van der Waals surface area contributed by atoms with Crippen molar-refractivity contribution in [2.75, 3.05) is 0 Å². The van der Waals surface area contributed by atoms with E-state index in [4.69, 9.17) is 0 Å². The van der Waals surface area contributed by atoms with Gasteiger partial charge in [-0.25, -0.2) is 0 Å². The van der Waals surface area contributed by atoms with Crippen molar-refractivity contribution in [1.82, 2.24) is 3.80 Å². The summed E-state index contributed by atoms with van der Waals surface area (Å²) < 4.78 is 5.38. The molecule has 0 saturated heterocycles. The van der Waals surface area contributed by atoms with Gasteiger partial charge >= 0.3 is 228 Å². The first-order chi connectivity index (χ1) is 18.3. The summed E-state index contributed by atoms with van der Waals surface area (Å²) in [6, 6.07) is 38.0. The van der Waals surface area contributed by atoms with Crippen LogP contribution in [-0.2, 0) is 28.6 Å². The minimum absolute atomic E-state index is 0. The molecule has 2 fully saturated rings. The number of hydrogen-bond donors (Lipinski definition) is 1. The maximum atomic E-state index is 14.1. The maximum Gasteiger partial charge on any atom is -1.00 e. The largest absolute Gasteiger partial charge is 1.00 e. The zero-order valence-electron chi connectivity index (χ0n) is 21.8. The van der Waals surface area contributed by atoms with E-state index in [0.29, 0.717) is 11.8 Å². The van der Waals surface area contributed by atoms with Crippen molar-refractivity contribution >= 4 is 26.8 Å². The van der Waals surface area contributed by atoms with Gasteiger partial charge < -0.3 is 24.8 Å². The van der Waals surface area contributed by atoms with E-state index in [-0.39, 0.29) is 30.7 Å². The molecule has 3 unspecified atom stereocenters. The van der Waals surface area contributed by atoms with Gasteiger partial charge in [0.25, 0.3) is 0 Å². The van der Waals surface area contributed by atoms with E-state index in [2.05, 4.69) is 107 Å². The molecule has 197 valence electrons. The van der Waals surface area contributed by atoms with Gasteiger partial charge in [-0.15, -0.1) is 0 Å². The number of carbonyl (C=O) groups excluding carboxylic acids is 1. The number of rotatable bonds is 6. The third-order valence-corrected chi connectivity index (χ3v) is 21.9. The van der Waals surface area contributed by atoms with Crippen molar-refractivity contribution in [3.8, 4) is 11.1 Å². The number of amides is 1. The third-order valence-electron chi connectivity index (χ3n) is 9.03. The summed E-state index contributed by atoms with van der Waals surface area (Å²) in [4.78, 5) is 14.1. The van der Waals surface area contributed by atoms with E-state index in [1.54, 1.807) is 0 Å². The van der Waals surface area contributed by atoms with Gasteiger partial charge in [0.1, 0.15) is 0 Å². The molecule has 3 aliphatic carbocycles. The van der Waals surface area contributed by atoms with Crippen LogP contribution in [0.5, 0.6) is 0 Å². The Kier molecular flexibility index (Phi) is 8.85. The van der Waals surface area contributed by atoms with Gasteiger partial charge in [0.2, 0.25) is 0 Å². The average molecular weight is 605 g/mol. The monoisotopic (exact) mass is 604 g/mol. The third kappa shape index (κ3) is 5.33. The minimum Gasteiger partial charge on any atom is -1.00 e. The Morgan fingerprint density at radius 2 is 1.36 bits per heavy atom. The van der Waals surface area contributed by atoms with Crippen LogP contribution in [0.25, 0.3) is 11.1 Å². The van der Waals surface area contributed by atoms with Crippen LogP contribution in [0.15, 0.2) is 103 Å². The van der Waals surface area contributed by atoms with Gasteiger partial charge in [-0.3, -0.25) is 0 Å². The molecule has 3 aliphatic rings. The van der Waals surface area contributed by atoms with Crippen LogP contribution in [-0.4, -0.2) is 12.6 Å². The molecule has 39 heavy (non-hydrogen) atoms. The fourth-order valence-electron chi connectivity index (χ4n) is 7.31. The molecule has 1 amide bonds. The second-order valence-corrected chi connectivity index (χ2v) is 20.9. The van der Waals surface area contributed by atoms with Crippen LogP contribution in [0, 0.1) is 17.8 Å². The number of carbonyl (C=O) groups is 1. The van der Waals surface area contributed by atoms with Crippen LogP contribution in [0.3, 0.4) is 0 Å². The van der Waals surface area contributed by atoms with E-state index in [1.807, 2.05) is 0 Å². The maximum absolute atomic E-state index is 14.1. The van der Waals surface area contributed by atoms with Gasteiger partial charge in [0, 0.05) is 0 Å². The summed E-state index contributed by atoms with van der Waals surface area (Å²) in [5.41, 5.74) is 5.63. The first kappa shape index (κ1) is 28.4. The number of halogens is 2. The quantitative estimate of drug-likeness (QED) is 0.235. The molecule has 4 aromatic rings. The van der Waals surface area contributed by atoms with E-state index < -0.39 is 24.0 Å². The van der Waals surface area contributed by atoms with E-state index in [1.165, 1.54) is 55.8 Å². The molecule has 2 bridgehead atoms. The Morgan fingerprint density at radius 3 is 2.00 bits per heavy atom. The zero-order chi connectivity index (χ0) is 24.8. The molecule has 4 aromatic carbocycles. The summed E-state index contributed by atoms with van der Waals surface area (Å²) in [7, 11) is 0. The molecule has 0 radical (unpaired) electrons. The molecule has 2 nitrogen and oxygen atoms in total. The van der Waals surface area contributed by atoms with Crippen molar-refractivity contribution in [3.63, 3.8) is 0 Å². The Bertz CT molecular complexity index is 1410.